The summed E-state index contributed by atoms with van der Waals surface area (Å²) < 4.78 is 6.11. The van der Waals surface area contributed by atoms with Crippen LogP contribution in [0.5, 0.6) is 5.75 Å². The minimum Gasteiger partial charge on any atom is -0.490 e. The molecule has 2 amide bonds. The van der Waals surface area contributed by atoms with E-state index in [0.717, 1.165) is 35.7 Å². The topological polar surface area (TPSA) is 138 Å². The summed E-state index contributed by atoms with van der Waals surface area (Å²) in [4.78, 5) is 28.3. The van der Waals surface area contributed by atoms with Gasteiger partial charge in [0, 0.05) is 58.4 Å². The summed E-state index contributed by atoms with van der Waals surface area (Å²) in [7, 11) is 0. The predicted octanol–water partition coefficient (Wildman–Crippen LogP) is 4.66. The lowest BCUT2D eigenvalue weighted by Crippen LogP contribution is -2.24. The number of primary amides is 1. The zero-order valence-electron chi connectivity index (χ0n) is 24.7. The quantitative estimate of drug-likeness (QED) is 0.115. The standard InChI is InChI=1S/C35H39N3O5/c1-23(2)43-33-30(28(22-40)20-27-21-38-32-9-5-4-8-29(27)32)18-25(19-31(33)34(36)41)11-10-24-12-14-26(15-13-24)35(42)37-16-6-3-7-17-39/h4-5,8-9,12-15,18-19,21,23,28,38-40H,3,6-7,16-17,20,22H2,1-2H3,(H2,36,41)(H,37,42)/t28-/m0/s1. The second-order valence-corrected chi connectivity index (χ2v) is 10.8. The Hall–Kier alpha value is -4.58. The van der Waals surface area contributed by atoms with E-state index in [0.29, 0.717) is 41.0 Å². The number of hydrogen-bond acceptors (Lipinski definition) is 5. The van der Waals surface area contributed by atoms with Crippen LogP contribution >= 0.6 is 0 Å². The molecule has 3 aromatic carbocycles. The molecule has 0 unspecified atom stereocenters. The second kappa shape index (κ2) is 15.1. The minimum absolute atomic E-state index is 0.157. The average Bonchev–Trinajstić information content (AvgIpc) is 3.41. The Labute approximate surface area is 252 Å². The molecule has 0 fully saturated rings. The number of amides is 2. The van der Waals surface area contributed by atoms with Crippen molar-refractivity contribution in [3.05, 3.63) is 100 Å². The largest absolute Gasteiger partial charge is 0.490 e. The van der Waals surface area contributed by atoms with Gasteiger partial charge in [0.2, 0.25) is 0 Å². The number of aromatic amines is 1. The van der Waals surface area contributed by atoms with Crippen LogP contribution in [0, 0.1) is 11.8 Å². The Morgan fingerprint density at radius 2 is 1.72 bits per heavy atom. The van der Waals surface area contributed by atoms with Crippen LogP contribution in [-0.4, -0.2) is 52.9 Å². The number of aromatic nitrogens is 1. The van der Waals surface area contributed by atoms with Gasteiger partial charge in [-0.15, -0.1) is 0 Å². The SMILES string of the molecule is CC(C)Oc1c(C(N)=O)cc(C#Cc2ccc(C(=O)NCCCCCO)cc2)cc1[C@H](CO)Cc1c[nH]c2ccccc12. The molecule has 0 saturated carbocycles. The third-order valence-electron chi connectivity index (χ3n) is 7.16. The summed E-state index contributed by atoms with van der Waals surface area (Å²) in [6.45, 7) is 4.28. The van der Waals surface area contributed by atoms with Gasteiger partial charge in [0.1, 0.15) is 5.75 Å². The molecule has 1 heterocycles. The Morgan fingerprint density at radius 3 is 2.42 bits per heavy atom. The highest BCUT2D eigenvalue weighted by molar-refractivity contribution is 5.97. The first-order chi connectivity index (χ1) is 20.8. The lowest BCUT2D eigenvalue weighted by Gasteiger charge is -2.23. The maximum atomic E-state index is 12.6. The number of aliphatic hydroxyl groups excluding tert-OH is 2. The van der Waals surface area contributed by atoms with E-state index in [1.54, 1.807) is 30.3 Å². The third-order valence-corrected chi connectivity index (χ3v) is 7.16. The van der Waals surface area contributed by atoms with Crippen LogP contribution in [0.3, 0.4) is 0 Å². The number of carbonyl (C=O) groups is 2. The number of carbonyl (C=O) groups excluding carboxylic acids is 2. The maximum Gasteiger partial charge on any atom is 0.252 e. The number of nitrogens with one attached hydrogen (secondary N) is 2. The molecular weight excluding hydrogens is 542 g/mol. The summed E-state index contributed by atoms with van der Waals surface area (Å²) in [6.07, 6.45) is 4.62. The van der Waals surface area contributed by atoms with Gasteiger partial charge < -0.3 is 31.0 Å². The van der Waals surface area contributed by atoms with Crippen LogP contribution in [0.2, 0.25) is 0 Å². The lowest BCUT2D eigenvalue weighted by molar-refractivity contribution is 0.0951. The van der Waals surface area contributed by atoms with E-state index in [1.807, 2.05) is 50.4 Å². The van der Waals surface area contributed by atoms with Gasteiger partial charge in [0.05, 0.1) is 18.3 Å². The Bertz CT molecular complexity index is 1610. The molecule has 43 heavy (non-hydrogen) atoms. The van der Waals surface area contributed by atoms with E-state index in [9.17, 15) is 14.7 Å². The molecule has 0 radical (unpaired) electrons. The fourth-order valence-electron chi connectivity index (χ4n) is 4.98. The monoisotopic (exact) mass is 581 g/mol. The number of rotatable bonds is 13. The molecule has 8 heteroatoms. The Balaban J connectivity index is 1.62. The van der Waals surface area contributed by atoms with Crippen LogP contribution in [0.25, 0.3) is 10.9 Å². The first-order valence-electron chi connectivity index (χ1n) is 14.6. The molecular formula is C35H39N3O5. The van der Waals surface area contributed by atoms with E-state index >= 15 is 0 Å². The molecule has 0 aliphatic rings. The molecule has 0 saturated heterocycles. The third kappa shape index (κ3) is 8.25. The van der Waals surface area contributed by atoms with Crippen LogP contribution in [0.1, 0.15) is 82.0 Å². The predicted molar refractivity (Wildman–Crippen MR) is 168 cm³/mol. The summed E-state index contributed by atoms with van der Waals surface area (Å²) in [6, 6.07) is 18.4. The number of benzene rings is 3. The van der Waals surface area contributed by atoms with Gasteiger partial charge in [0.15, 0.2) is 0 Å². The molecule has 0 aliphatic heterocycles. The van der Waals surface area contributed by atoms with Crippen LogP contribution < -0.4 is 15.8 Å². The fraction of sp³-hybridized carbons (Fsp3) is 0.314. The van der Waals surface area contributed by atoms with E-state index in [2.05, 4.69) is 22.1 Å². The zero-order chi connectivity index (χ0) is 30.8. The summed E-state index contributed by atoms with van der Waals surface area (Å²) in [5.74, 6) is 5.41. The van der Waals surface area contributed by atoms with Crippen molar-refractivity contribution < 1.29 is 24.5 Å². The summed E-state index contributed by atoms with van der Waals surface area (Å²) in [5.41, 5.74) is 10.5. The number of hydrogen-bond donors (Lipinski definition) is 5. The molecule has 0 bridgehead atoms. The molecule has 6 N–H and O–H groups in total. The molecule has 4 aromatic rings. The summed E-state index contributed by atoms with van der Waals surface area (Å²) >= 11 is 0. The molecule has 1 aromatic heterocycles. The van der Waals surface area contributed by atoms with Gasteiger partial charge in [0.25, 0.3) is 11.8 Å². The van der Waals surface area contributed by atoms with Crippen molar-refractivity contribution in [2.75, 3.05) is 19.8 Å². The van der Waals surface area contributed by atoms with Crippen LogP contribution in [0.4, 0.5) is 0 Å². The highest BCUT2D eigenvalue weighted by Gasteiger charge is 2.24. The second-order valence-electron chi connectivity index (χ2n) is 10.8. The number of fused-ring (bicyclic) bond motifs is 1. The van der Waals surface area contributed by atoms with Crippen molar-refractivity contribution in [2.24, 2.45) is 5.73 Å². The summed E-state index contributed by atoms with van der Waals surface area (Å²) in [5, 5.41) is 23.4. The number of aliphatic hydroxyl groups is 2. The average molecular weight is 582 g/mol. The first-order valence-corrected chi connectivity index (χ1v) is 14.6. The Morgan fingerprint density at radius 1 is 0.977 bits per heavy atom. The smallest absolute Gasteiger partial charge is 0.252 e. The van der Waals surface area contributed by atoms with Gasteiger partial charge in [-0.3, -0.25) is 9.59 Å². The molecule has 0 spiro atoms. The van der Waals surface area contributed by atoms with Crippen molar-refractivity contribution >= 4 is 22.7 Å². The van der Waals surface area contributed by atoms with Crippen molar-refractivity contribution in [2.45, 2.75) is 51.6 Å². The van der Waals surface area contributed by atoms with Gasteiger partial charge in [-0.2, -0.15) is 0 Å². The Kier molecular flexibility index (Phi) is 11.0. The molecule has 4 rings (SSSR count). The number of ether oxygens (including phenoxy) is 1. The van der Waals surface area contributed by atoms with E-state index in [-0.39, 0.29) is 36.7 Å². The highest BCUT2D eigenvalue weighted by Crippen LogP contribution is 2.35. The maximum absolute atomic E-state index is 12.6. The van der Waals surface area contributed by atoms with Crippen molar-refractivity contribution in [1.82, 2.24) is 10.3 Å². The van der Waals surface area contributed by atoms with Gasteiger partial charge in [-0.05, 0) is 87.6 Å². The van der Waals surface area contributed by atoms with Crippen molar-refractivity contribution in [1.29, 1.82) is 0 Å². The highest BCUT2D eigenvalue weighted by atomic mass is 16.5. The van der Waals surface area contributed by atoms with Crippen molar-refractivity contribution in [3.63, 3.8) is 0 Å². The van der Waals surface area contributed by atoms with Gasteiger partial charge in [-0.25, -0.2) is 0 Å². The molecule has 1 atom stereocenters. The number of para-hydroxylation sites is 1. The van der Waals surface area contributed by atoms with Crippen LogP contribution in [0.15, 0.2) is 66.9 Å². The van der Waals surface area contributed by atoms with Gasteiger partial charge >= 0.3 is 0 Å². The number of nitrogens with two attached hydrogens (primary N) is 1. The normalized spacial score (nSPS) is 11.7. The number of H-pyrrole nitrogens is 1. The molecule has 8 nitrogen and oxygen atoms in total. The van der Waals surface area contributed by atoms with E-state index in [4.69, 9.17) is 15.6 Å². The first kappa shape index (κ1) is 31.4. The fourth-order valence-corrected chi connectivity index (χ4v) is 4.98. The molecule has 0 aliphatic carbocycles. The zero-order valence-corrected chi connectivity index (χ0v) is 24.7. The lowest BCUT2D eigenvalue weighted by atomic mass is 9.88. The van der Waals surface area contributed by atoms with E-state index < -0.39 is 5.91 Å². The molecule has 224 valence electrons. The minimum atomic E-state index is -0.643. The van der Waals surface area contributed by atoms with Gasteiger partial charge in [-0.1, -0.05) is 30.0 Å². The number of unbranched alkanes of at least 4 members (excludes halogenated alkanes) is 2. The van der Waals surface area contributed by atoms with E-state index in [1.165, 1.54) is 0 Å². The van der Waals surface area contributed by atoms with Crippen LogP contribution in [-0.2, 0) is 6.42 Å². The van der Waals surface area contributed by atoms with Crippen molar-refractivity contribution in [3.8, 4) is 17.6 Å².